The molecule has 0 aromatic carbocycles. The van der Waals surface area contributed by atoms with Crippen molar-refractivity contribution in [2.24, 2.45) is 0 Å². The number of amides is 1. The van der Waals surface area contributed by atoms with E-state index in [9.17, 15) is 9.59 Å². The normalized spacial score (nSPS) is 18.1. The van der Waals surface area contributed by atoms with Crippen LogP contribution in [0.15, 0.2) is 10.5 Å². The molecule has 1 amide bonds. The summed E-state index contributed by atoms with van der Waals surface area (Å²) in [5.41, 5.74) is 0.133. The van der Waals surface area contributed by atoms with E-state index in [-0.39, 0.29) is 24.1 Å². The van der Waals surface area contributed by atoms with E-state index in [0.717, 1.165) is 25.9 Å². The third-order valence-corrected chi connectivity index (χ3v) is 3.38. The van der Waals surface area contributed by atoms with Crippen LogP contribution in [-0.2, 0) is 16.1 Å². The SMILES string of the molecule is Cc1oc(CNC(=O)CC[C@@H]2CCCO2)cc1C(=O)O. The maximum Gasteiger partial charge on any atom is 0.339 e. The molecule has 0 unspecified atom stereocenters. The minimum atomic E-state index is -1.03. The molecule has 1 aromatic rings. The summed E-state index contributed by atoms with van der Waals surface area (Å²) in [6.07, 6.45) is 3.42. The van der Waals surface area contributed by atoms with E-state index in [1.54, 1.807) is 6.92 Å². The number of aromatic carboxylic acids is 1. The van der Waals surface area contributed by atoms with Crippen molar-refractivity contribution >= 4 is 11.9 Å². The number of rotatable bonds is 6. The molecule has 110 valence electrons. The highest BCUT2D eigenvalue weighted by Crippen LogP contribution is 2.17. The Hall–Kier alpha value is -1.82. The minimum absolute atomic E-state index is 0.0774. The van der Waals surface area contributed by atoms with E-state index in [2.05, 4.69) is 5.32 Å². The summed E-state index contributed by atoms with van der Waals surface area (Å²) < 4.78 is 10.7. The monoisotopic (exact) mass is 281 g/mol. The first kappa shape index (κ1) is 14.6. The molecule has 1 saturated heterocycles. The smallest absolute Gasteiger partial charge is 0.339 e. The predicted octanol–water partition coefficient (Wildman–Crippen LogP) is 1.86. The number of hydrogen-bond acceptors (Lipinski definition) is 4. The standard InChI is InChI=1S/C14H19NO5/c1-9-12(14(17)18)7-11(20-9)8-15-13(16)5-4-10-3-2-6-19-10/h7,10H,2-6,8H2,1H3,(H,15,16)(H,17,18)/t10-/m0/s1. The topological polar surface area (TPSA) is 88.8 Å². The van der Waals surface area contributed by atoms with Crippen molar-refractivity contribution < 1.29 is 23.8 Å². The molecule has 1 fully saturated rings. The fraction of sp³-hybridized carbons (Fsp3) is 0.571. The lowest BCUT2D eigenvalue weighted by Gasteiger charge is -2.08. The Morgan fingerprint density at radius 2 is 2.30 bits per heavy atom. The Balaban J connectivity index is 1.75. The van der Waals surface area contributed by atoms with E-state index in [0.29, 0.717) is 17.9 Å². The number of nitrogens with one attached hydrogen (secondary N) is 1. The van der Waals surface area contributed by atoms with Crippen LogP contribution in [0, 0.1) is 6.92 Å². The van der Waals surface area contributed by atoms with Crippen molar-refractivity contribution in [1.29, 1.82) is 0 Å². The van der Waals surface area contributed by atoms with Crippen molar-refractivity contribution in [3.05, 3.63) is 23.2 Å². The Morgan fingerprint density at radius 3 is 2.90 bits per heavy atom. The zero-order valence-electron chi connectivity index (χ0n) is 11.5. The summed E-state index contributed by atoms with van der Waals surface area (Å²) >= 11 is 0. The van der Waals surface area contributed by atoms with E-state index in [1.165, 1.54) is 6.07 Å². The third kappa shape index (κ3) is 3.84. The third-order valence-electron chi connectivity index (χ3n) is 3.38. The predicted molar refractivity (Wildman–Crippen MR) is 70.5 cm³/mol. The van der Waals surface area contributed by atoms with Crippen LogP contribution in [0.5, 0.6) is 0 Å². The van der Waals surface area contributed by atoms with Gasteiger partial charge in [-0.15, -0.1) is 0 Å². The van der Waals surface area contributed by atoms with Gasteiger partial charge in [-0.25, -0.2) is 4.79 Å². The molecule has 0 spiro atoms. The molecule has 6 heteroatoms. The van der Waals surface area contributed by atoms with Gasteiger partial charge in [0.05, 0.1) is 12.6 Å². The van der Waals surface area contributed by atoms with E-state index < -0.39 is 5.97 Å². The number of carboxylic acids is 1. The Morgan fingerprint density at radius 1 is 1.50 bits per heavy atom. The first-order valence-corrected chi connectivity index (χ1v) is 6.77. The van der Waals surface area contributed by atoms with Gasteiger partial charge in [0.15, 0.2) is 0 Å². The summed E-state index contributed by atoms with van der Waals surface area (Å²) in [5.74, 6) is -0.305. The second kappa shape index (κ2) is 6.56. The van der Waals surface area contributed by atoms with Gasteiger partial charge in [-0.3, -0.25) is 4.79 Å². The molecule has 0 bridgehead atoms. The average Bonchev–Trinajstić information content (AvgIpc) is 3.03. The fourth-order valence-corrected chi connectivity index (χ4v) is 2.28. The maximum absolute atomic E-state index is 11.7. The lowest BCUT2D eigenvalue weighted by Crippen LogP contribution is -2.23. The molecule has 1 aliphatic heterocycles. The number of hydrogen-bond donors (Lipinski definition) is 2. The zero-order valence-corrected chi connectivity index (χ0v) is 11.5. The van der Waals surface area contributed by atoms with Crippen LogP contribution in [0.1, 0.15) is 47.6 Å². The molecular weight excluding hydrogens is 262 g/mol. The lowest BCUT2D eigenvalue weighted by atomic mass is 10.1. The molecule has 1 atom stereocenters. The molecule has 0 radical (unpaired) electrons. The van der Waals surface area contributed by atoms with Crippen LogP contribution in [0.25, 0.3) is 0 Å². The largest absolute Gasteiger partial charge is 0.478 e. The highest BCUT2D eigenvalue weighted by molar-refractivity contribution is 5.88. The minimum Gasteiger partial charge on any atom is -0.478 e. The highest BCUT2D eigenvalue weighted by Gasteiger charge is 2.17. The van der Waals surface area contributed by atoms with E-state index in [1.807, 2.05) is 0 Å². The van der Waals surface area contributed by atoms with Gasteiger partial charge in [0, 0.05) is 13.0 Å². The van der Waals surface area contributed by atoms with Crippen molar-refractivity contribution in [1.82, 2.24) is 5.32 Å². The molecule has 2 rings (SSSR count). The molecule has 0 saturated carbocycles. The first-order chi connectivity index (χ1) is 9.56. The van der Waals surface area contributed by atoms with Crippen LogP contribution in [-0.4, -0.2) is 29.7 Å². The second-order valence-corrected chi connectivity index (χ2v) is 4.94. The number of ether oxygens (including phenoxy) is 1. The molecule has 0 aliphatic carbocycles. The Bertz CT molecular complexity index is 488. The van der Waals surface area contributed by atoms with Crippen molar-refractivity contribution in [3.8, 4) is 0 Å². The molecular formula is C14H19NO5. The molecule has 1 aliphatic rings. The number of furan rings is 1. The van der Waals surface area contributed by atoms with Crippen LogP contribution in [0.4, 0.5) is 0 Å². The Labute approximate surface area is 117 Å². The molecule has 6 nitrogen and oxygen atoms in total. The number of aryl methyl sites for hydroxylation is 1. The molecule has 20 heavy (non-hydrogen) atoms. The van der Waals surface area contributed by atoms with Gasteiger partial charge < -0.3 is 19.6 Å². The van der Waals surface area contributed by atoms with Crippen molar-refractivity contribution in [3.63, 3.8) is 0 Å². The van der Waals surface area contributed by atoms with Gasteiger partial charge in [0.25, 0.3) is 0 Å². The molecule has 1 aromatic heterocycles. The maximum atomic E-state index is 11.7. The fourth-order valence-electron chi connectivity index (χ4n) is 2.28. The quantitative estimate of drug-likeness (QED) is 0.830. The number of carbonyl (C=O) groups is 2. The van der Waals surface area contributed by atoms with Crippen molar-refractivity contribution in [2.45, 2.75) is 45.3 Å². The zero-order chi connectivity index (χ0) is 14.5. The summed E-state index contributed by atoms with van der Waals surface area (Å²) in [6, 6.07) is 1.44. The van der Waals surface area contributed by atoms with E-state index >= 15 is 0 Å². The summed E-state index contributed by atoms with van der Waals surface area (Å²) in [5, 5.41) is 11.6. The van der Waals surface area contributed by atoms with Gasteiger partial charge in [-0.05, 0) is 32.3 Å². The summed E-state index contributed by atoms with van der Waals surface area (Å²) in [7, 11) is 0. The van der Waals surface area contributed by atoms with Gasteiger partial charge >= 0.3 is 5.97 Å². The Kier molecular flexibility index (Phi) is 4.79. The molecule has 2 heterocycles. The summed E-state index contributed by atoms with van der Waals surface area (Å²) in [4.78, 5) is 22.5. The van der Waals surface area contributed by atoms with Crippen LogP contribution in [0.3, 0.4) is 0 Å². The van der Waals surface area contributed by atoms with Gasteiger partial charge in [0.1, 0.15) is 17.1 Å². The summed E-state index contributed by atoms with van der Waals surface area (Å²) in [6.45, 7) is 2.58. The number of carboxylic acid groups (broad SMARTS) is 1. The van der Waals surface area contributed by atoms with Crippen LogP contribution >= 0.6 is 0 Å². The first-order valence-electron chi connectivity index (χ1n) is 6.77. The van der Waals surface area contributed by atoms with Gasteiger partial charge in [-0.2, -0.15) is 0 Å². The second-order valence-electron chi connectivity index (χ2n) is 4.94. The van der Waals surface area contributed by atoms with Crippen LogP contribution < -0.4 is 5.32 Å². The van der Waals surface area contributed by atoms with Crippen molar-refractivity contribution in [2.75, 3.05) is 6.61 Å². The van der Waals surface area contributed by atoms with Gasteiger partial charge in [-0.1, -0.05) is 0 Å². The average molecular weight is 281 g/mol. The lowest BCUT2D eigenvalue weighted by molar-refractivity contribution is -0.121. The number of carbonyl (C=O) groups excluding carboxylic acids is 1. The van der Waals surface area contributed by atoms with Crippen LogP contribution in [0.2, 0.25) is 0 Å². The highest BCUT2D eigenvalue weighted by atomic mass is 16.5. The van der Waals surface area contributed by atoms with Gasteiger partial charge in [0.2, 0.25) is 5.91 Å². The molecule has 2 N–H and O–H groups in total. The van der Waals surface area contributed by atoms with E-state index in [4.69, 9.17) is 14.3 Å².